The van der Waals surface area contributed by atoms with Crippen molar-refractivity contribution in [2.24, 2.45) is 5.73 Å². The van der Waals surface area contributed by atoms with Gasteiger partial charge in [0.1, 0.15) is 0 Å². The van der Waals surface area contributed by atoms with Crippen molar-refractivity contribution in [1.29, 1.82) is 0 Å². The van der Waals surface area contributed by atoms with E-state index in [2.05, 4.69) is 0 Å². The fourth-order valence-electron chi connectivity index (χ4n) is 1.76. The van der Waals surface area contributed by atoms with E-state index in [-0.39, 0.29) is 0 Å². The number of rotatable bonds is 6. The summed E-state index contributed by atoms with van der Waals surface area (Å²) in [5, 5.41) is 0.418. The van der Waals surface area contributed by atoms with Gasteiger partial charge in [0.15, 0.2) is 0 Å². The Hall–Kier alpha value is -1.46. The summed E-state index contributed by atoms with van der Waals surface area (Å²) in [5.41, 5.74) is 12.4. The third-order valence-corrected chi connectivity index (χ3v) is 2.90. The van der Waals surface area contributed by atoms with E-state index in [9.17, 15) is 4.79 Å². The van der Waals surface area contributed by atoms with Gasteiger partial charge >= 0.3 is 0 Å². The number of carbonyl (C=O) groups excluding carboxylic acids is 1. The summed E-state index contributed by atoms with van der Waals surface area (Å²) >= 11 is 6.16. The van der Waals surface area contributed by atoms with E-state index in [1.165, 1.54) is 0 Å². The molecule has 0 spiro atoms. The maximum absolute atomic E-state index is 11.5. The zero-order valence-corrected chi connectivity index (χ0v) is 11.3. The number of methoxy groups -OCH3 is 1. The Kier molecular flexibility index (Phi) is 5.25. The normalized spacial score (nSPS) is 10.4. The highest BCUT2D eigenvalue weighted by molar-refractivity contribution is 6.34. The van der Waals surface area contributed by atoms with E-state index in [0.717, 1.165) is 0 Å². The largest absolute Gasteiger partial charge is 0.399 e. The highest BCUT2D eigenvalue weighted by atomic mass is 35.5. The van der Waals surface area contributed by atoms with E-state index in [1.54, 1.807) is 19.2 Å². The van der Waals surface area contributed by atoms with Crippen LogP contribution in [0.3, 0.4) is 0 Å². The van der Waals surface area contributed by atoms with E-state index >= 15 is 0 Å². The summed E-state index contributed by atoms with van der Waals surface area (Å²) in [6.07, 6.45) is 0. The molecule has 0 unspecified atom stereocenters. The average molecular weight is 272 g/mol. The Bertz CT molecular complexity index is 438. The Morgan fingerprint density at radius 2 is 2.17 bits per heavy atom. The molecular weight excluding hydrogens is 254 g/mol. The van der Waals surface area contributed by atoms with Crippen LogP contribution in [0.4, 0.5) is 11.4 Å². The van der Waals surface area contributed by atoms with Gasteiger partial charge in [0.2, 0.25) is 0 Å². The fourth-order valence-corrected chi connectivity index (χ4v) is 2.11. The molecule has 4 N–H and O–H groups in total. The van der Waals surface area contributed by atoms with Crippen LogP contribution in [0.15, 0.2) is 12.1 Å². The van der Waals surface area contributed by atoms with E-state index < -0.39 is 5.91 Å². The summed E-state index contributed by atoms with van der Waals surface area (Å²) in [6.45, 7) is 3.81. The number of nitrogens with two attached hydrogens (primary N) is 2. The first kappa shape index (κ1) is 14.6. The summed E-state index contributed by atoms with van der Waals surface area (Å²) in [4.78, 5) is 13.4. The summed E-state index contributed by atoms with van der Waals surface area (Å²) in [7, 11) is 1.62. The van der Waals surface area contributed by atoms with Gasteiger partial charge in [-0.15, -0.1) is 0 Å². The van der Waals surface area contributed by atoms with Crippen LogP contribution in [-0.4, -0.2) is 32.7 Å². The SMILES string of the molecule is CCN(CCOC)c1c(Cl)cc(N)cc1C(N)=O. The molecule has 5 nitrogen and oxygen atoms in total. The van der Waals surface area contributed by atoms with Gasteiger partial charge in [-0.3, -0.25) is 4.79 Å². The van der Waals surface area contributed by atoms with Crippen LogP contribution < -0.4 is 16.4 Å². The number of benzene rings is 1. The van der Waals surface area contributed by atoms with Crippen LogP contribution in [0.2, 0.25) is 5.02 Å². The number of nitrogen functional groups attached to an aromatic ring is 1. The Morgan fingerprint density at radius 3 is 2.67 bits per heavy atom. The molecule has 0 aliphatic heterocycles. The first-order valence-corrected chi connectivity index (χ1v) is 6.01. The molecule has 0 saturated carbocycles. The Balaban J connectivity index is 3.22. The first-order chi connectivity index (χ1) is 8.51. The van der Waals surface area contributed by atoms with E-state index in [4.69, 9.17) is 27.8 Å². The molecule has 0 aromatic heterocycles. The number of hydrogen-bond acceptors (Lipinski definition) is 4. The Morgan fingerprint density at radius 1 is 1.50 bits per heavy atom. The fraction of sp³-hybridized carbons (Fsp3) is 0.417. The second-order valence-corrected chi connectivity index (χ2v) is 4.24. The van der Waals surface area contributed by atoms with Crippen molar-refractivity contribution in [2.75, 3.05) is 37.4 Å². The zero-order chi connectivity index (χ0) is 13.7. The van der Waals surface area contributed by atoms with Gasteiger partial charge in [-0.2, -0.15) is 0 Å². The lowest BCUT2D eigenvalue weighted by atomic mass is 10.1. The molecule has 0 aliphatic rings. The molecule has 1 rings (SSSR count). The van der Waals surface area contributed by atoms with Crippen molar-refractivity contribution < 1.29 is 9.53 Å². The topological polar surface area (TPSA) is 81.6 Å². The second kappa shape index (κ2) is 6.47. The molecule has 1 aromatic rings. The first-order valence-electron chi connectivity index (χ1n) is 5.64. The highest BCUT2D eigenvalue weighted by Gasteiger charge is 2.18. The molecule has 6 heteroatoms. The predicted molar refractivity (Wildman–Crippen MR) is 74.1 cm³/mol. The monoisotopic (exact) mass is 271 g/mol. The van der Waals surface area contributed by atoms with Crippen molar-refractivity contribution in [2.45, 2.75) is 6.92 Å². The number of halogens is 1. The third-order valence-electron chi connectivity index (χ3n) is 2.61. The van der Waals surface area contributed by atoms with Crippen molar-refractivity contribution in [3.05, 3.63) is 22.7 Å². The zero-order valence-electron chi connectivity index (χ0n) is 10.6. The number of ether oxygens (including phenoxy) is 1. The molecule has 1 amide bonds. The number of hydrogen-bond donors (Lipinski definition) is 2. The lowest BCUT2D eigenvalue weighted by Gasteiger charge is -2.26. The summed E-state index contributed by atoms with van der Waals surface area (Å²) in [5.74, 6) is -0.546. The van der Waals surface area contributed by atoms with E-state index in [0.29, 0.717) is 41.7 Å². The van der Waals surface area contributed by atoms with Gasteiger partial charge < -0.3 is 21.1 Å². The molecule has 0 radical (unpaired) electrons. The molecule has 0 fully saturated rings. The van der Waals surface area contributed by atoms with Crippen LogP contribution in [0.5, 0.6) is 0 Å². The molecule has 0 saturated heterocycles. The molecule has 0 bridgehead atoms. The van der Waals surface area contributed by atoms with Crippen LogP contribution in [0.25, 0.3) is 0 Å². The molecule has 1 aromatic carbocycles. The Labute approximate surface area is 112 Å². The van der Waals surface area contributed by atoms with Gasteiger partial charge in [0, 0.05) is 25.9 Å². The number of amides is 1. The number of nitrogens with zero attached hydrogens (tertiary/aromatic N) is 1. The van der Waals surface area contributed by atoms with Crippen LogP contribution in [0, 0.1) is 0 Å². The van der Waals surface area contributed by atoms with Crippen LogP contribution in [-0.2, 0) is 4.74 Å². The molecule has 0 heterocycles. The third kappa shape index (κ3) is 3.27. The van der Waals surface area contributed by atoms with Crippen molar-refractivity contribution in [1.82, 2.24) is 0 Å². The lowest BCUT2D eigenvalue weighted by molar-refractivity contribution is 0.100. The van der Waals surface area contributed by atoms with Gasteiger partial charge in [-0.1, -0.05) is 11.6 Å². The second-order valence-electron chi connectivity index (χ2n) is 3.84. The van der Waals surface area contributed by atoms with Gasteiger partial charge in [0.05, 0.1) is 22.9 Å². The van der Waals surface area contributed by atoms with E-state index in [1.807, 2.05) is 11.8 Å². The van der Waals surface area contributed by atoms with Gasteiger partial charge in [-0.25, -0.2) is 0 Å². The lowest BCUT2D eigenvalue weighted by Crippen LogP contribution is -2.30. The number of primary amides is 1. The van der Waals surface area contributed by atoms with Crippen LogP contribution >= 0.6 is 11.6 Å². The summed E-state index contributed by atoms with van der Waals surface area (Å²) in [6, 6.07) is 3.15. The maximum Gasteiger partial charge on any atom is 0.250 e. The number of carbonyl (C=O) groups is 1. The highest BCUT2D eigenvalue weighted by Crippen LogP contribution is 2.32. The quantitative estimate of drug-likeness (QED) is 0.768. The standard InChI is InChI=1S/C12H18ClN3O2/c1-3-16(4-5-18-2)11-9(12(15)17)6-8(14)7-10(11)13/h6-7H,3-5,14H2,1-2H3,(H2,15,17). The summed E-state index contributed by atoms with van der Waals surface area (Å²) < 4.78 is 5.03. The van der Waals surface area contributed by atoms with Crippen molar-refractivity contribution in [3.8, 4) is 0 Å². The minimum absolute atomic E-state index is 0.331. The molecule has 18 heavy (non-hydrogen) atoms. The minimum atomic E-state index is -0.546. The molecule has 0 atom stereocenters. The molecule has 0 aliphatic carbocycles. The average Bonchev–Trinajstić information content (AvgIpc) is 2.31. The van der Waals surface area contributed by atoms with Crippen molar-refractivity contribution >= 4 is 28.9 Å². The van der Waals surface area contributed by atoms with Gasteiger partial charge in [-0.05, 0) is 19.1 Å². The smallest absolute Gasteiger partial charge is 0.250 e. The minimum Gasteiger partial charge on any atom is -0.399 e. The predicted octanol–water partition coefficient (Wildman–Crippen LogP) is 1.49. The van der Waals surface area contributed by atoms with Gasteiger partial charge in [0.25, 0.3) is 5.91 Å². The molecular formula is C12H18ClN3O2. The number of likely N-dealkylation sites (N-methyl/N-ethyl adjacent to an activating group) is 1. The number of anilines is 2. The molecule has 100 valence electrons. The van der Waals surface area contributed by atoms with Crippen LogP contribution in [0.1, 0.15) is 17.3 Å². The maximum atomic E-state index is 11.5. The van der Waals surface area contributed by atoms with Crippen molar-refractivity contribution in [3.63, 3.8) is 0 Å².